The van der Waals surface area contributed by atoms with E-state index >= 15 is 0 Å². The molecule has 4 rings (SSSR count). The Bertz CT molecular complexity index is 755. The summed E-state index contributed by atoms with van der Waals surface area (Å²) in [4.78, 5) is 24.1. The van der Waals surface area contributed by atoms with E-state index in [1.165, 1.54) is 18.4 Å². The number of anilines is 1. The minimum absolute atomic E-state index is 0.254. The Morgan fingerprint density at radius 2 is 1.79 bits per heavy atom. The lowest BCUT2D eigenvalue weighted by Crippen LogP contribution is -2.51. The lowest BCUT2D eigenvalue weighted by molar-refractivity contribution is -0.133. The van der Waals surface area contributed by atoms with Crippen LogP contribution in [0.25, 0.3) is 0 Å². The number of hydrogen-bond acceptors (Lipinski definition) is 4. The molecule has 0 N–H and O–H groups in total. The van der Waals surface area contributed by atoms with Gasteiger partial charge in [-0.1, -0.05) is 36.4 Å². The molecule has 5 heteroatoms. The molecule has 1 aromatic carbocycles. The van der Waals surface area contributed by atoms with Gasteiger partial charge < -0.3 is 9.80 Å². The third-order valence-electron chi connectivity index (χ3n) is 5.96. The monoisotopic (exact) mass is 378 g/mol. The summed E-state index contributed by atoms with van der Waals surface area (Å²) >= 11 is 0. The fraction of sp³-hybridized carbons (Fsp3) is 0.478. The average Bonchev–Trinajstić information content (AvgIpc) is 3.58. The standard InChI is InChI=1S/C23H30N4O/c1-19(21-7-3-2-4-8-21)27(17-20-10-11-20)18-23(28)26-15-13-25(14-16-26)22-9-5-6-12-24-22/h2-9,12,19-20H,10-11,13-18H2,1H3. The van der Waals surface area contributed by atoms with E-state index < -0.39 is 0 Å². The fourth-order valence-electron chi connectivity index (χ4n) is 3.93. The first-order valence-corrected chi connectivity index (χ1v) is 10.4. The molecule has 1 aromatic heterocycles. The second kappa shape index (κ2) is 8.74. The van der Waals surface area contributed by atoms with Crippen LogP contribution >= 0.6 is 0 Å². The first-order chi connectivity index (χ1) is 13.7. The van der Waals surface area contributed by atoms with E-state index in [0.29, 0.717) is 6.54 Å². The molecular weight excluding hydrogens is 348 g/mol. The van der Waals surface area contributed by atoms with E-state index in [9.17, 15) is 4.79 Å². The van der Waals surface area contributed by atoms with Crippen LogP contribution < -0.4 is 4.90 Å². The Morgan fingerprint density at radius 1 is 1.07 bits per heavy atom. The molecule has 2 fully saturated rings. The van der Waals surface area contributed by atoms with Gasteiger partial charge in [0.15, 0.2) is 0 Å². The van der Waals surface area contributed by atoms with Gasteiger partial charge in [-0.15, -0.1) is 0 Å². The molecule has 1 atom stereocenters. The Labute approximate surface area is 168 Å². The second-order valence-corrected chi connectivity index (χ2v) is 8.02. The summed E-state index contributed by atoms with van der Waals surface area (Å²) in [5.74, 6) is 2.02. The van der Waals surface area contributed by atoms with E-state index in [1.807, 2.05) is 35.4 Å². The van der Waals surface area contributed by atoms with Crippen LogP contribution in [0.3, 0.4) is 0 Å². The van der Waals surface area contributed by atoms with E-state index in [0.717, 1.165) is 44.5 Å². The molecule has 1 aliphatic carbocycles. The first kappa shape index (κ1) is 18.9. The Kier molecular flexibility index (Phi) is 5.91. The number of carbonyl (C=O) groups is 1. The van der Waals surface area contributed by atoms with Crippen molar-refractivity contribution in [1.29, 1.82) is 0 Å². The van der Waals surface area contributed by atoms with Gasteiger partial charge in [0.2, 0.25) is 5.91 Å². The summed E-state index contributed by atoms with van der Waals surface area (Å²) in [5, 5.41) is 0. The average molecular weight is 379 g/mol. The van der Waals surface area contributed by atoms with E-state index in [2.05, 4.69) is 46.0 Å². The minimum atomic E-state index is 0.254. The van der Waals surface area contributed by atoms with Crippen LogP contribution in [0.2, 0.25) is 0 Å². The predicted octanol–water partition coefficient (Wildman–Crippen LogP) is 3.20. The summed E-state index contributed by atoms with van der Waals surface area (Å²) in [5.41, 5.74) is 1.29. The Balaban J connectivity index is 1.35. The molecule has 1 saturated carbocycles. The van der Waals surface area contributed by atoms with Crippen molar-refractivity contribution in [3.05, 3.63) is 60.3 Å². The van der Waals surface area contributed by atoms with Crippen molar-refractivity contribution in [2.45, 2.75) is 25.8 Å². The highest BCUT2D eigenvalue weighted by Crippen LogP contribution is 2.32. The van der Waals surface area contributed by atoms with Gasteiger partial charge in [-0.25, -0.2) is 4.98 Å². The third-order valence-corrected chi connectivity index (χ3v) is 5.96. The second-order valence-electron chi connectivity index (χ2n) is 8.02. The zero-order valence-corrected chi connectivity index (χ0v) is 16.7. The number of aromatic nitrogens is 1. The molecular formula is C23H30N4O. The number of benzene rings is 1. The molecule has 5 nitrogen and oxygen atoms in total. The highest BCUT2D eigenvalue weighted by Gasteiger charge is 2.30. The molecule has 28 heavy (non-hydrogen) atoms. The van der Waals surface area contributed by atoms with E-state index in [-0.39, 0.29) is 11.9 Å². The van der Waals surface area contributed by atoms with Gasteiger partial charge in [0, 0.05) is 45.0 Å². The third kappa shape index (κ3) is 4.71. The Morgan fingerprint density at radius 3 is 2.43 bits per heavy atom. The summed E-state index contributed by atoms with van der Waals surface area (Å²) in [6.45, 7) is 6.99. The summed E-state index contributed by atoms with van der Waals surface area (Å²) in [6, 6.07) is 16.8. The van der Waals surface area contributed by atoms with Gasteiger partial charge in [-0.05, 0) is 43.4 Å². The molecule has 0 spiro atoms. The van der Waals surface area contributed by atoms with Gasteiger partial charge in [-0.3, -0.25) is 9.69 Å². The maximum absolute atomic E-state index is 13.0. The molecule has 2 aliphatic rings. The molecule has 2 aromatic rings. The lowest BCUT2D eigenvalue weighted by atomic mass is 10.1. The summed E-state index contributed by atoms with van der Waals surface area (Å²) in [7, 11) is 0. The van der Waals surface area contributed by atoms with Crippen LogP contribution in [0.4, 0.5) is 5.82 Å². The van der Waals surface area contributed by atoms with Crippen molar-refractivity contribution < 1.29 is 4.79 Å². The molecule has 1 amide bonds. The topological polar surface area (TPSA) is 39.7 Å². The molecule has 2 heterocycles. The van der Waals surface area contributed by atoms with Crippen LogP contribution in [0, 0.1) is 5.92 Å². The largest absolute Gasteiger partial charge is 0.353 e. The van der Waals surface area contributed by atoms with Crippen LogP contribution in [-0.2, 0) is 4.79 Å². The summed E-state index contributed by atoms with van der Waals surface area (Å²) in [6.07, 6.45) is 4.43. The van der Waals surface area contributed by atoms with Crippen LogP contribution in [-0.4, -0.2) is 60.0 Å². The van der Waals surface area contributed by atoms with Crippen LogP contribution in [0.5, 0.6) is 0 Å². The highest BCUT2D eigenvalue weighted by atomic mass is 16.2. The van der Waals surface area contributed by atoms with Crippen molar-refractivity contribution >= 4 is 11.7 Å². The highest BCUT2D eigenvalue weighted by molar-refractivity contribution is 5.78. The van der Waals surface area contributed by atoms with Gasteiger partial charge in [0.1, 0.15) is 5.82 Å². The predicted molar refractivity (Wildman–Crippen MR) is 112 cm³/mol. The zero-order valence-electron chi connectivity index (χ0n) is 16.7. The van der Waals surface area contributed by atoms with Crippen molar-refractivity contribution in [2.24, 2.45) is 5.92 Å². The van der Waals surface area contributed by atoms with Gasteiger partial charge >= 0.3 is 0 Å². The molecule has 0 bridgehead atoms. The van der Waals surface area contributed by atoms with Gasteiger partial charge in [0.25, 0.3) is 0 Å². The molecule has 1 unspecified atom stereocenters. The van der Waals surface area contributed by atoms with Crippen molar-refractivity contribution in [2.75, 3.05) is 44.2 Å². The van der Waals surface area contributed by atoms with Gasteiger partial charge in [-0.2, -0.15) is 0 Å². The molecule has 0 radical (unpaired) electrons. The SMILES string of the molecule is CC(c1ccccc1)N(CC(=O)N1CCN(c2ccccn2)CC1)CC1CC1. The normalized spacial score (nSPS) is 18.4. The lowest BCUT2D eigenvalue weighted by Gasteiger charge is -2.37. The van der Waals surface area contributed by atoms with E-state index in [1.54, 1.807) is 0 Å². The number of rotatable bonds is 7. The smallest absolute Gasteiger partial charge is 0.236 e. The van der Waals surface area contributed by atoms with Crippen molar-refractivity contribution in [3.8, 4) is 0 Å². The minimum Gasteiger partial charge on any atom is -0.353 e. The van der Waals surface area contributed by atoms with Gasteiger partial charge in [0.05, 0.1) is 6.54 Å². The first-order valence-electron chi connectivity index (χ1n) is 10.4. The number of amides is 1. The fourth-order valence-corrected chi connectivity index (χ4v) is 3.93. The number of pyridine rings is 1. The summed E-state index contributed by atoms with van der Waals surface area (Å²) < 4.78 is 0. The van der Waals surface area contributed by atoms with Crippen LogP contribution in [0.1, 0.15) is 31.4 Å². The zero-order chi connectivity index (χ0) is 19.3. The maximum Gasteiger partial charge on any atom is 0.236 e. The maximum atomic E-state index is 13.0. The number of nitrogens with zero attached hydrogens (tertiary/aromatic N) is 4. The quantitative estimate of drug-likeness (QED) is 0.742. The Hall–Kier alpha value is -2.40. The molecule has 1 aliphatic heterocycles. The number of hydrogen-bond donors (Lipinski definition) is 0. The van der Waals surface area contributed by atoms with Crippen molar-refractivity contribution in [1.82, 2.24) is 14.8 Å². The van der Waals surface area contributed by atoms with Crippen molar-refractivity contribution in [3.63, 3.8) is 0 Å². The molecule has 148 valence electrons. The van der Waals surface area contributed by atoms with E-state index in [4.69, 9.17) is 0 Å². The van der Waals surface area contributed by atoms with Crippen LogP contribution in [0.15, 0.2) is 54.7 Å². The number of piperazine rings is 1. The molecule has 1 saturated heterocycles. The number of carbonyl (C=O) groups excluding carboxylic acids is 1.